The molecular formula is C23H21FN4OS. The van der Waals surface area contributed by atoms with E-state index < -0.39 is 0 Å². The van der Waals surface area contributed by atoms with Crippen molar-refractivity contribution >= 4 is 34.5 Å². The van der Waals surface area contributed by atoms with Crippen molar-refractivity contribution in [1.29, 1.82) is 0 Å². The fraction of sp³-hybridized carbons (Fsp3) is 0.174. The zero-order valence-electron chi connectivity index (χ0n) is 16.7. The normalized spacial score (nSPS) is 11.0. The number of carbonyl (C=O) groups excluding carboxylic acids is 1. The SMILES string of the molecule is Cc1cc(C)cc(NC(=O)Cn2c(SCc3ccc(F)cc3)nc3cccnc32)c1. The quantitative estimate of drug-likeness (QED) is 0.440. The largest absolute Gasteiger partial charge is 0.325 e. The average Bonchev–Trinajstić information content (AvgIpc) is 3.04. The highest BCUT2D eigenvalue weighted by Crippen LogP contribution is 2.26. The number of benzene rings is 2. The van der Waals surface area contributed by atoms with Gasteiger partial charge in [-0.15, -0.1) is 0 Å². The Labute approximate surface area is 178 Å². The molecule has 0 aliphatic carbocycles. The van der Waals surface area contributed by atoms with Crippen LogP contribution in [-0.4, -0.2) is 20.4 Å². The maximum absolute atomic E-state index is 13.1. The van der Waals surface area contributed by atoms with E-state index in [0.717, 1.165) is 27.9 Å². The molecule has 30 heavy (non-hydrogen) atoms. The zero-order valence-corrected chi connectivity index (χ0v) is 17.5. The molecule has 0 saturated heterocycles. The van der Waals surface area contributed by atoms with Gasteiger partial charge in [-0.3, -0.25) is 9.36 Å². The molecule has 0 radical (unpaired) electrons. The number of hydrogen-bond donors (Lipinski definition) is 1. The van der Waals surface area contributed by atoms with Crippen molar-refractivity contribution in [2.24, 2.45) is 0 Å². The minimum absolute atomic E-state index is 0.103. The molecule has 1 N–H and O–H groups in total. The summed E-state index contributed by atoms with van der Waals surface area (Å²) in [4.78, 5) is 21.8. The molecule has 0 aliphatic rings. The number of aryl methyl sites for hydroxylation is 2. The summed E-state index contributed by atoms with van der Waals surface area (Å²) in [7, 11) is 0. The van der Waals surface area contributed by atoms with Gasteiger partial charge in [-0.1, -0.05) is 30.0 Å². The second-order valence-corrected chi connectivity index (χ2v) is 8.11. The lowest BCUT2D eigenvalue weighted by Gasteiger charge is -2.10. The number of carbonyl (C=O) groups is 1. The molecule has 0 spiro atoms. The molecule has 2 heterocycles. The smallest absolute Gasteiger partial charge is 0.244 e. The number of nitrogens with one attached hydrogen (secondary N) is 1. The Kier molecular flexibility index (Phi) is 5.81. The molecule has 0 bridgehead atoms. The average molecular weight is 421 g/mol. The van der Waals surface area contributed by atoms with Crippen LogP contribution in [0, 0.1) is 19.7 Å². The van der Waals surface area contributed by atoms with Crippen LogP contribution in [0.15, 0.2) is 66.0 Å². The first-order valence-electron chi connectivity index (χ1n) is 9.54. The topological polar surface area (TPSA) is 59.8 Å². The highest BCUT2D eigenvalue weighted by Gasteiger charge is 2.15. The van der Waals surface area contributed by atoms with Gasteiger partial charge < -0.3 is 5.32 Å². The van der Waals surface area contributed by atoms with Gasteiger partial charge in [0.15, 0.2) is 10.8 Å². The Balaban J connectivity index is 1.56. The first kappa shape index (κ1) is 20.1. The van der Waals surface area contributed by atoms with Crippen molar-refractivity contribution in [2.75, 3.05) is 5.32 Å². The van der Waals surface area contributed by atoms with Crippen LogP contribution in [-0.2, 0) is 17.1 Å². The van der Waals surface area contributed by atoms with E-state index in [2.05, 4.69) is 21.4 Å². The van der Waals surface area contributed by atoms with Gasteiger partial charge in [0.05, 0.1) is 0 Å². The molecule has 0 aliphatic heterocycles. The molecule has 4 aromatic rings. The van der Waals surface area contributed by atoms with Crippen LogP contribution in [0.3, 0.4) is 0 Å². The Hall–Kier alpha value is -3.19. The van der Waals surface area contributed by atoms with Crippen LogP contribution in [0.25, 0.3) is 11.2 Å². The van der Waals surface area contributed by atoms with Gasteiger partial charge >= 0.3 is 0 Å². The summed E-state index contributed by atoms with van der Waals surface area (Å²) in [5.74, 6) is 0.208. The van der Waals surface area contributed by atoms with E-state index in [1.807, 2.05) is 42.7 Å². The van der Waals surface area contributed by atoms with E-state index in [1.54, 1.807) is 18.3 Å². The fourth-order valence-electron chi connectivity index (χ4n) is 3.31. The van der Waals surface area contributed by atoms with Crippen molar-refractivity contribution in [1.82, 2.24) is 14.5 Å². The number of pyridine rings is 1. The zero-order chi connectivity index (χ0) is 21.1. The van der Waals surface area contributed by atoms with E-state index in [4.69, 9.17) is 0 Å². The summed E-state index contributed by atoms with van der Waals surface area (Å²) in [6.07, 6.45) is 1.69. The Morgan fingerprint density at radius 3 is 2.57 bits per heavy atom. The van der Waals surface area contributed by atoms with E-state index in [9.17, 15) is 9.18 Å². The van der Waals surface area contributed by atoms with Gasteiger partial charge in [0, 0.05) is 17.6 Å². The lowest BCUT2D eigenvalue weighted by molar-refractivity contribution is -0.116. The summed E-state index contributed by atoms with van der Waals surface area (Å²) in [6.45, 7) is 4.10. The second kappa shape index (κ2) is 8.67. The van der Waals surface area contributed by atoms with Gasteiger partial charge in [0.2, 0.25) is 5.91 Å². The first-order valence-corrected chi connectivity index (χ1v) is 10.5. The van der Waals surface area contributed by atoms with E-state index >= 15 is 0 Å². The molecule has 2 aromatic heterocycles. The molecule has 4 rings (SSSR count). The summed E-state index contributed by atoms with van der Waals surface area (Å²) in [6, 6.07) is 16.0. The number of rotatable bonds is 6. The summed E-state index contributed by atoms with van der Waals surface area (Å²) < 4.78 is 15.0. The number of aromatic nitrogens is 3. The van der Waals surface area contributed by atoms with Crippen LogP contribution in [0.5, 0.6) is 0 Å². The maximum atomic E-state index is 13.1. The predicted octanol–water partition coefficient (Wildman–Crippen LogP) is 5.12. The van der Waals surface area contributed by atoms with Crippen molar-refractivity contribution in [3.05, 3.63) is 83.3 Å². The van der Waals surface area contributed by atoms with Gasteiger partial charge in [-0.25, -0.2) is 14.4 Å². The number of thioether (sulfide) groups is 1. The minimum atomic E-state index is -0.261. The van der Waals surface area contributed by atoms with Crippen LogP contribution in [0.2, 0.25) is 0 Å². The summed E-state index contributed by atoms with van der Waals surface area (Å²) >= 11 is 1.49. The lowest BCUT2D eigenvalue weighted by Crippen LogP contribution is -2.19. The van der Waals surface area contributed by atoms with E-state index in [-0.39, 0.29) is 18.3 Å². The van der Waals surface area contributed by atoms with E-state index in [1.165, 1.54) is 23.9 Å². The van der Waals surface area contributed by atoms with Crippen LogP contribution >= 0.6 is 11.8 Å². The monoisotopic (exact) mass is 420 g/mol. The number of hydrogen-bond acceptors (Lipinski definition) is 4. The van der Waals surface area contributed by atoms with Crippen molar-refractivity contribution in [3.8, 4) is 0 Å². The second-order valence-electron chi connectivity index (χ2n) is 7.17. The molecule has 0 atom stereocenters. The third kappa shape index (κ3) is 4.68. The number of fused-ring (bicyclic) bond motifs is 1. The minimum Gasteiger partial charge on any atom is -0.325 e. The third-order valence-corrected chi connectivity index (χ3v) is 5.60. The standard InChI is InChI=1S/C23H21FN4OS/c1-15-10-16(2)12-19(11-15)26-21(29)13-28-22-20(4-3-9-25-22)27-23(28)30-14-17-5-7-18(24)8-6-17/h3-12H,13-14H2,1-2H3,(H,26,29). The molecule has 1 amide bonds. The third-order valence-electron chi connectivity index (χ3n) is 4.56. The number of halogens is 1. The molecule has 152 valence electrons. The van der Waals surface area contributed by atoms with Crippen LogP contribution in [0.4, 0.5) is 10.1 Å². The Bertz CT molecular complexity index is 1180. The number of nitrogens with zero attached hydrogens (tertiary/aromatic N) is 3. The molecule has 7 heteroatoms. The first-order chi connectivity index (χ1) is 14.5. The van der Waals surface area contributed by atoms with Crippen molar-refractivity contribution in [2.45, 2.75) is 31.3 Å². The van der Waals surface area contributed by atoms with Gasteiger partial charge in [0.25, 0.3) is 0 Å². The summed E-state index contributed by atoms with van der Waals surface area (Å²) in [5, 5.41) is 3.67. The van der Waals surface area contributed by atoms with Gasteiger partial charge in [0.1, 0.15) is 17.9 Å². The Morgan fingerprint density at radius 2 is 1.83 bits per heavy atom. The highest BCUT2D eigenvalue weighted by atomic mass is 32.2. The highest BCUT2D eigenvalue weighted by molar-refractivity contribution is 7.98. The Morgan fingerprint density at radius 1 is 1.10 bits per heavy atom. The van der Waals surface area contributed by atoms with Gasteiger partial charge in [-0.05, 0) is 66.9 Å². The molecule has 0 saturated carbocycles. The van der Waals surface area contributed by atoms with Crippen molar-refractivity contribution in [3.63, 3.8) is 0 Å². The summed E-state index contributed by atoms with van der Waals surface area (Å²) in [5.41, 5.74) is 5.34. The fourth-order valence-corrected chi connectivity index (χ4v) is 4.27. The molecule has 0 fully saturated rings. The number of anilines is 1. The van der Waals surface area contributed by atoms with E-state index in [0.29, 0.717) is 16.6 Å². The predicted molar refractivity (Wildman–Crippen MR) is 118 cm³/mol. The van der Waals surface area contributed by atoms with Crippen molar-refractivity contribution < 1.29 is 9.18 Å². The molecule has 5 nitrogen and oxygen atoms in total. The van der Waals surface area contributed by atoms with Crippen LogP contribution < -0.4 is 5.32 Å². The lowest BCUT2D eigenvalue weighted by atomic mass is 10.1. The molecular weight excluding hydrogens is 399 g/mol. The van der Waals surface area contributed by atoms with Gasteiger partial charge in [-0.2, -0.15) is 0 Å². The molecule has 0 unspecified atom stereocenters. The number of imidazole rings is 1. The number of amides is 1. The van der Waals surface area contributed by atoms with Crippen LogP contribution in [0.1, 0.15) is 16.7 Å². The molecule has 2 aromatic carbocycles. The maximum Gasteiger partial charge on any atom is 0.244 e.